The Balaban J connectivity index is 1.92. The second kappa shape index (κ2) is 3.23. The summed E-state index contributed by atoms with van der Waals surface area (Å²) in [5.74, 6) is -0.468. The van der Waals surface area contributed by atoms with Crippen LogP contribution in [0.15, 0.2) is 12.2 Å². The highest BCUT2D eigenvalue weighted by molar-refractivity contribution is 5.87. The average molecular weight is 266 g/mol. The van der Waals surface area contributed by atoms with E-state index in [1.807, 2.05) is 0 Å². The van der Waals surface area contributed by atoms with Crippen LogP contribution in [0.1, 0.15) is 46.5 Å². The van der Waals surface area contributed by atoms with Gasteiger partial charge in [-0.3, -0.25) is 0 Å². The van der Waals surface area contributed by atoms with Gasteiger partial charge in [-0.1, -0.05) is 13.5 Å². The molecule has 0 aromatic heterocycles. The van der Waals surface area contributed by atoms with E-state index in [9.17, 15) is 15.0 Å². The lowest BCUT2D eigenvalue weighted by atomic mass is 9.31. The molecule has 4 heteroatoms. The summed E-state index contributed by atoms with van der Waals surface area (Å²) in [6.07, 6.45) is 2.18. The SMILES string of the molecule is C=C(C)C(=O)OC12CC(C)(O)CC3(O)CC(C)(C1)C32. The van der Waals surface area contributed by atoms with Gasteiger partial charge in [0.2, 0.25) is 0 Å². The zero-order chi connectivity index (χ0) is 14.3. The fourth-order valence-corrected chi connectivity index (χ4v) is 5.46. The molecule has 5 atom stereocenters. The van der Waals surface area contributed by atoms with Gasteiger partial charge in [0.15, 0.2) is 0 Å². The second-order valence-electron chi connectivity index (χ2n) is 7.63. The van der Waals surface area contributed by atoms with Crippen LogP contribution < -0.4 is 0 Å². The largest absolute Gasteiger partial charge is 0.455 e. The summed E-state index contributed by atoms with van der Waals surface area (Å²) >= 11 is 0. The minimum atomic E-state index is -0.984. The van der Waals surface area contributed by atoms with Crippen LogP contribution >= 0.6 is 0 Å². The first-order valence-corrected chi connectivity index (χ1v) is 6.86. The molecule has 0 spiro atoms. The quantitative estimate of drug-likeness (QED) is 0.588. The van der Waals surface area contributed by atoms with E-state index in [4.69, 9.17) is 4.74 Å². The van der Waals surface area contributed by atoms with Gasteiger partial charge in [-0.05, 0) is 32.1 Å². The van der Waals surface area contributed by atoms with Crippen molar-refractivity contribution in [2.45, 2.75) is 63.3 Å². The molecule has 3 rings (SSSR count). The molecule has 0 radical (unpaired) electrons. The zero-order valence-corrected chi connectivity index (χ0v) is 11.8. The van der Waals surface area contributed by atoms with E-state index in [0.29, 0.717) is 24.8 Å². The summed E-state index contributed by atoms with van der Waals surface area (Å²) in [7, 11) is 0. The molecule has 3 aliphatic carbocycles. The molecule has 5 unspecified atom stereocenters. The lowest BCUT2D eigenvalue weighted by molar-refractivity contribution is -0.381. The minimum Gasteiger partial charge on any atom is -0.455 e. The topological polar surface area (TPSA) is 66.8 Å². The van der Waals surface area contributed by atoms with Gasteiger partial charge < -0.3 is 14.9 Å². The minimum absolute atomic E-state index is 0.0453. The predicted molar refractivity (Wildman–Crippen MR) is 69.3 cm³/mol. The number of ether oxygens (including phenoxy) is 1. The van der Waals surface area contributed by atoms with Gasteiger partial charge in [-0.25, -0.2) is 4.79 Å². The van der Waals surface area contributed by atoms with Crippen molar-refractivity contribution >= 4 is 5.97 Å². The van der Waals surface area contributed by atoms with Gasteiger partial charge in [0.05, 0.1) is 11.2 Å². The Kier molecular flexibility index (Phi) is 2.23. The van der Waals surface area contributed by atoms with Crippen LogP contribution in [0.3, 0.4) is 0 Å². The van der Waals surface area contributed by atoms with Crippen LogP contribution in [-0.2, 0) is 9.53 Å². The number of aliphatic hydroxyl groups is 2. The molecule has 106 valence electrons. The van der Waals surface area contributed by atoms with E-state index in [-0.39, 0.29) is 11.3 Å². The first kappa shape index (κ1) is 13.1. The summed E-state index contributed by atoms with van der Waals surface area (Å²) in [6.45, 7) is 9.06. The summed E-state index contributed by atoms with van der Waals surface area (Å²) in [6, 6.07) is 0. The number of hydrogen-bond donors (Lipinski definition) is 2. The van der Waals surface area contributed by atoms with Crippen molar-refractivity contribution in [1.82, 2.24) is 0 Å². The second-order valence-corrected chi connectivity index (χ2v) is 7.63. The molecule has 4 nitrogen and oxygen atoms in total. The van der Waals surface area contributed by atoms with E-state index in [1.165, 1.54) is 0 Å². The van der Waals surface area contributed by atoms with Crippen molar-refractivity contribution in [3.05, 3.63) is 12.2 Å². The Hall–Kier alpha value is -0.870. The molecular weight excluding hydrogens is 244 g/mol. The van der Waals surface area contributed by atoms with Crippen LogP contribution in [0.2, 0.25) is 0 Å². The molecular formula is C15H22O4. The molecule has 3 saturated carbocycles. The van der Waals surface area contributed by atoms with Crippen molar-refractivity contribution in [2.75, 3.05) is 0 Å². The first-order chi connectivity index (χ1) is 8.52. The predicted octanol–water partition coefficient (Wildman–Crippen LogP) is 1.55. The maximum absolute atomic E-state index is 11.9. The van der Waals surface area contributed by atoms with Crippen LogP contribution in [0, 0.1) is 11.3 Å². The zero-order valence-electron chi connectivity index (χ0n) is 11.8. The van der Waals surface area contributed by atoms with Crippen molar-refractivity contribution in [3.63, 3.8) is 0 Å². The van der Waals surface area contributed by atoms with Crippen LogP contribution in [-0.4, -0.2) is 33.0 Å². The average Bonchev–Trinajstić information content (AvgIpc) is 2.09. The lowest BCUT2D eigenvalue weighted by Gasteiger charge is -2.78. The Morgan fingerprint density at radius 3 is 2.37 bits per heavy atom. The molecule has 19 heavy (non-hydrogen) atoms. The highest BCUT2D eigenvalue weighted by atomic mass is 16.6. The van der Waals surface area contributed by atoms with Gasteiger partial charge in [0, 0.05) is 24.3 Å². The van der Waals surface area contributed by atoms with E-state index in [0.717, 1.165) is 6.42 Å². The lowest BCUT2D eigenvalue weighted by Crippen LogP contribution is -2.83. The standard InChI is InChI=1S/C15H22O4/c1-9(2)10(16)19-15-6-12(3)5-14(18,11(12)15)7-13(4,17)8-15/h11,17-18H,1,5-8H2,2-4H3. The number of esters is 1. The van der Waals surface area contributed by atoms with Crippen molar-refractivity contribution in [2.24, 2.45) is 11.3 Å². The number of carbonyl (C=O) groups is 1. The Morgan fingerprint density at radius 2 is 1.84 bits per heavy atom. The molecule has 3 fully saturated rings. The summed E-state index contributed by atoms with van der Waals surface area (Å²) in [5, 5.41) is 21.1. The summed E-state index contributed by atoms with van der Waals surface area (Å²) in [5.41, 5.74) is -2.16. The Morgan fingerprint density at radius 1 is 1.21 bits per heavy atom. The maximum atomic E-state index is 11.9. The highest BCUT2D eigenvalue weighted by Crippen LogP contribution is 2.76. The molecule has 0 amide bonds. The number of carbonyl (C=O) groups excluding carboxylic acids is 1. The van der Waals surface area contributed by atoms with Crippen LogP contribution in [0.5, 0.6) is 0 Å². The van der Waals surface area contributed by atoms with Crippen LogP contribution in [0.4, 0.5) is 0 Å². The Bertz CT molecular complexity index is 483. The molecule has 0 heterocycles. The van der Waals surface area contributed by atoms with Crippen molar-refractivity contribution < 1.29 is 19.7 Å². The molecule has 3 aliphatic rings. The Labute approximate surface area is 113 Å². The van der Waals surface area contributed by atoms with Gasteiger partial charge in [-0.2, -0.15) is 0 Å². The van der Waals surface area contributed by atoms with Gasteiger partial charge in [0.25, 0.3) is 0 Å². The third kappa shape index (κ3) is 1.56. The van der Waals surface area contributed by atoms with Crippen molar-refractivity contribution in [3.8, 4) is 0 Å². The fraction of sp³-hybridized carbons (Fsp3) is 0.800. The molecule has 2 N–H and O–H groups in total. The number of rotatable bonds is 2. The van der Waals surface area contributed by atoms with E-state index < -0.39 is 22.8 Å². The molecule has 0 aliphatic heterocycles. The third-order valence-electron chi connectivity index (χ3n) is 5.18. The fourth-order valence-electron chi connectivity index (χ4n) is 5.46. The van der Waals surface area contributed by atoms with Crippen molar-refractivity contribution in [1.29, 1.82) is 0 Å². The smallest absolute Gasteiger partial charge is 0.333 e. The van der Waals surface area contributed by atoms with Gasteiger partial charge in [0.1, 0.15) is 5.60 Å². The van der Waals surface area contributed by atoms with Gasteiger partial charge >= 0.3 is 5.97 Å². The number of hydrogen-bond acceptors (Lipinski definition) is 4. The summed E-state index contributed by atoms with van der Waals surface area (Å²) in [4.78, 5) is 11.9. The molecule has 0 aromatic carbocycles. The highest BCUT2D eigenvalue weighted by Gasteiger charge is 2.81. The van der Waals surface area contributed by atoms with Gasteiger partial charge in [-0.15, -0.1) is 0 Å². The first-order valence-electron chi connectivity index (χ1n) is 6.86. The molecule has 0 saturated heterocycles. The van der Waals surface area contributed by atoms with Crippen LogP contribution in [0.25, 0.3) is 0 Å². The van der Waals surface area contributed by atoms with E-state index in [2.05, 4.69) is 13.5 Å². The summed E-state index contributed by atoms with van der Waals surface area (Å²) < 4.78 is 5.65. The normalized spacial score (nSPS) is 54.5. The van der Waals surface area contributed by atoms with E-state index >= 15 is 0 Å². The molecule has 0 bridgehead atoms. The van der Waals surface area contributed by atoms with E-state index in [1.54, 1.807) is 13.8 Å². The maximum Gasteiger partial charge on any atom is 0.333 e. The molecule has 0 aromatic rings. The monoisotopic (exact) mass is 266 g/mol. The third-order valence-corrected chi connectivity index (χ3v) is 5.18.